The molecule has 0 saturated carbocycles. The van der Waals surface area contributed by atoms with E-state index in [1.165, 1.54) is 11.1 Å². The number of hydrogen-bond donors (Lipinski definition) is 2. The molecule has 1 aliphatic rings. The summed E-state index contributed by atoms with van der Waals surface area (Å²) < 4.78 is 0. The van der Waals surface area contributed by atoms with Gasteiger partial charge in [-0.1, -0.05) is 30.3 Å². The van der Waals surface area contributed by atoms with Gasteiger partial charge in [-0.2, -0.15) is 0 Å². The zero-order valence-corrected chi connectivity index (χ0v) is 18.3. The van der Waals surface area contributed by atoms with Crippen molar-refractivity contribution in [3.63, 3.8) is 0 Å². The summed E-state index contributed by atoms with van der Waals surface area (Å²) in [7, 11) is 4.05. The Morgan fingerprint density at radius 1 is 1.23 bits per heavy atom. The van der Waals surface area contributed by atoms with Crippen LogP contribution in [0, 0.1) is 0 Å². The molecule has 158 valence electrons. The summed E-state index contributed by atoms with van der Waals surface area (Å²) in [6.07, 6.45) is 1.90. The van der Waals surface area contributed by atoms with Gasteiger partial charge in [0.15, 0.2) is 0 Å². The highest BCUT2D eigenvalue weighted by atomic mass is 32.1. The lowest BCUT2D eigenvalue weighted by Crippen LogP contribution is -2.43. The summed E-state index contributed by atoms with van der Waals surface area (Å²) in [5.41, 5.74) is 7.68. The first-order valence-corrected chi connectivity index (χ1v) is 11.1. The number of amides is 1. The minimum absolute atomic E-state index is 0.266. The average molecular weight is 425 g/mol. The Bertz CT molecular complexity index is 1010. The number of primary amides is 1. The number of benzene rings is 1. The molecule has 1 aromatic carbocycles. The molecular weight excluding hydrogens is 396 g/mol. The summed E-state index contributed by atoms with van der Waals surface area (Å²) in [5, 5.41) is 6.97. The fourth-order valence-corrected chi connectivity index (χ4v) is 4.89. The number of piperidine rings is 1. The number of nitrogens with two attached hydrogens (primary N) is 1. The molecule has 0 radical (unpaired) electrons. The Morgan fingerprint density at radius 2 is 1.97 bits per heavy atom. The number of likely N-dealkylation sites (tertiary alicyclic amines) is 1. The number of aromatic nitrogens is 2. The molecule has 3 aromatic rings. The van der Waals surface area contributed by atoms with E-state index in [2.05, 4.69) is 44.8 Å². The van der Waals surface area contributed by atoms with E-state index < -0.39 is 0 Å². The summed E-state index contributed by atoms with van der Waals surface area (Å²) >= 11 is 1.66. The van der Waals surface area contributed by atoms with E-state index in [0.29, 0.717) is 19.1 Å². The van der Waals surface area contributed by atoms with Crippen molar-refractivity contribution >= 4 is 33.3 Å². The van der Waals surface area contributed by atoms with Crippen molar-refractivity contribution in [2.75, 3.05) is 39.0 Å². The molecule has 2 aromatic heterocycles. The molecule has 4 rings (SSSR count). The van der Waals surface area contributed by atoms with Crippen LogP contribution >= 0.6 is 11.3 Å². The lowest BCUT2D eigenvalue weighted by Gasteiger charge is -2.32. The lowest BCUT2D eigenvalue weighted by molar-refractivity contribution is -0.119. The molecule has 1 aliphatic heterocycles. The molecule has 0 unspecified atom stereocenters. The first kappa shape index (κ1) is 20.7. The summed E-state index contributed by atoms with van der Waals surface area (Å²) in [6, 6.07) is 10.7. The van der Waals surface area contributed by atoms with Crippen molar-refractivity contribution in [2.45, 2.75) is 25.4 Å². The minimum Gasteiger partial charge on any atom is -0.369 e. The number of carbonyl (C=O) groups is 1. The minimum atomic E-state index is -0.266. The van der Waals surface area contributed by atoms with Crippen LogP contribution in [0.15, 0.2) is 35.7 Å². The van der Waals surface area contributed by atoms with Gasteiger partial charge in [-0.05, 0) is 32.5 Å². The van der Waals surface area contributed by atoms with Gasteiger partial charge in [0.2, 0.25) is 5.91 Å². The number of carbonyl (C=O) groups excluding carboxylic acids is 1. The largest absolute Gasteiger partial charge is 0.369 e. The standard InChI is InChI=1S/C22H28N6OS/c1-27(2)13-19-25-21(24-16-8-10-28(11-9-16)12-18(23)29)20-17(14-30-22(20)26-19)15-6-4-3-5-7-15/h3-7,14,16H,8-13H2,1-2H3,(H2,23,29)(H,24,25,26). The second kappa shape index (κ2) is 9.07. The SMILES string of the molecule is CN(C)Cc1nc(NC2CCN(CC(N)=O)CC2)c2c(-c3ccccc3)csc2n1. The maximum absolute atomic E-state index is 11.2. The summed E-state index contributed by atoms with van der Waals surface area (Å²) in [4.78, 5) is 26.2. The molecule has 1 saturated heterocycles. The number of rotatable bonds is 7. The lowest BCUT2D eigenvalue weighted by atomic mass is 10.0. The third kappa shape index (κ3) is 4.77. The van der Waals surface area contributed by atoms with Crippen LogP contribution in [0.5, 0.6) is 0 Å². The third-order valence-electron chi connectivity index (χ3n) is 5.33. The fraction of sp³-hybridized carbons (Fsp3) is 0.409. The molecule has 3 N–H and O–H groups in total. The molecule has 30 heavy (non-hydrogen) atoms. The van der Waals surface area contributed by atoms with Gasteiger partial charge in [-0.3, -0.25) is 9.69 Å². The molecule has 0 bridgehead atoms. The fourth-order valence-electron chi connectivity index (χ4n) is 3.92. The van der Waals surface area contributed by atoms with Crippen molar-refractivity contribution in [3.8, 4) is 11.1 Å². The van der Waals surface area contributed by atoms with Crippen LogP contribution in [-0.4, -0.2) is 65.4 Å². The average Bonchev–Trinajstić information content (AvgIpc) is 3.13. The molecule has 3 heterocycles. The Kier molecular flexibility index (Phi) is 6.26. The van der Waals surface area contributed by atoms with Crippen LogP contribution in [0.2, 0.25) is 0 Å². The van der Waals surface area contributed by atoms with E-state index >= 15 is 0 Å². The van der Waals surface area contributed by atoms with Crippen LogP contribution in [0.3, 0.4) is 0 Å². The molecule has 0 atom stereocenters. The van der Waals surface area contributed by atoms with E-state index in [4.69, 9.17) is 15.7 Å². The highest BCUT2D eigenvalue weighted by Gasteiger charge is 2.23. The molecule has 0 spiro atoms. The molecule has 1 amide bonds. The monoisotopic (exact) mass is 424 g/mol. The summed E-state index contributed by atoms with van der Waals surface area (Å²) in [6.45, 7) is 2.74. The number of nitrogens with one attached hydrogen (secondary N) is 1. The number of hydrogen-bond acceptors (Lipinski definition) is 7. The van der Waals surface area contributed by atoms with Gasteiger partial charge in [0.25, 0.3) is 0 Å². The van der Waals surface area contributed by atoms with Crippen molar-refractivity contribution in [3.05, 3.63) is 41.5 Å². The van der Waals surface area contributed by atoms with E-state index in [1.807, 2.05) is 20.2 Å². The van der Waals surface area contributed by atoms with Gasteiger partial charge in [0, 0.05) is 30.1 Å². The first-order valence-electron chi connectivity index (χ1n) is 10.2. The van der Waals surface area contributed by atoms with Gasteiger partial charge in [-0.25, -0.2) is 9.97 Å². The van der Waals surface area contributed by atoms with E-state index in [9.17, 15) is 4.79 Å². The molecule has 7 nitrogen and oxygen atoms in total. The predicted octanol–water partition coefficient (Wildman–Crippen LogP) is 2.78. The topological polar surface area (TPSA) is 87.4 Å². The molecular formula is C22H28N6OS. The zero-order chi connectivity index (χ0) is 21.1. The van der Waals surface area contributed by atoms with E-state index in [0.717, 1.165) is 47.8 Å². The van der Waals surface area contributed by atoms with E-state index in [1.54, 1.807) is 11.3 Å². The Labute approximate surface area is 180 Å². The third-order valence-corrected chi connectivity index (χ3v) is 6.20. The highest BCUT2D eigenvalue weighted by Crippen LogP contribution is 2.37. The van der Waals surface area contributed by atoms with Crippen LogP contribution < -0.4 is 11.1 Å². The van der Waals surface area contributed by atoms with Crippen LogP contribution in [0.4, 0.5) is 5.82 Å². The van der Waals surface area contributed by atoms with Crippen LogP contribution in [-0.2, 0) is 11.3 Å². The first-order chi connectivity index (χ1) is 14.5. The van der Waals surface area contributed by atoms with Crippen molar-refractivity contribution in [1.29, 1.82) is 0 Å². The smallest absolute Gasteiger partial charge is 0.231 e. The molecule has 1 fully saturated rings. The summed E-state index contributed by atoms with van der Waals surface area (Å²) in [5.74, 6) is 1.46. The number of anilines is 1. The number of nitrogens with zero attached hydrogens (tertiary/aromatic N) is 4. The predicted molar refractivity (Wildman–Crippen MR) is 123 cm³/mol. The number of fused-ring (bicyclic) bond motifs is 1. The van der Waals surface area contributed by atoms with Gasteiger partial charge < -0.3 is 16.0 Å². The normalized spacial score (nSPS) is 15.7. The van der Waals surface area contributed by atoms with Gasteiger partial charge in [0.05, 0.1) is 18.5 Å². The highest BCUT2D eigenvalue weighted by molar-refractivity contribution is 7.17. The van der Waals surface area contributed by atoms with Crippen LogP contribution in [0.25, 0.3) is 21.3 Å². The van der Waals surface area contributed by atoms with Crippen molar-refractivity contribution in [2.24, 2.45) is 5.73 Å². The zero-order valence-electron chi connectivity index (χ0n) is 17.5. The van der Waals surface area contributed by atoms with Crippen molar-refractivity contribution < 1.29 is 4.79 Å². The molecule has 0 aliphatic carbocycles. The van der Waals surface area contributed by atoms with Crippen LogP contribution in [0.1, 0.15) is 18.7 Å². The Morgan fingerprint density at radius 3 is 2.63 bits per heavy atom. The molecule has 8 heteroatoms. The van der Waals surface area contributed by atoms with Crippen molar-refractivity contribution in [1.82, 2.24) is 19.8 Å². The second-order valence-electron chi connectivity index (χ2n) is 8.08. The van der Waals surface area contributed by atoms with Gasteiger partial charge >= 0.3 is 0 Å². The van der Waals surface area contributed by atoms with E-state index in [-0.39, 0.29) is 5.91 Å². The maximum atomic E-state index is 11.2. The Balaban J connectivity index is 1.64. The van der Waals surface area contributed by atoms with Gasteiger partial charge in [-0.15, -0.1) is 11.3 Å². The van der Waals surface area contributed by atoms with Gasteiger partial charge in [0.1, 0.15) is 16.5 Å². The number of thiophene rings is 1. The maximum Gasteiger partial charge on any atom is 0.231 e. The quantitative estimate of drug-likeness (QED) is 0.606. The second-order valence-corrected chi connectivity index (χ2v) is 8.94. The Hall–Kier alpha value is -2.55.